The van der Waals surface area contributed by atoms with Crippen molar-refractivity contribution >= 4 is 23.4 Å². The molecule has 1 aromatic rings. The molecule has 0 aliphatic carbocycles. The molecular formula is C10H14ClNOS. The molecule has 4 heteroatoms. The second-order valence-corrected chi connectivity index (χ2v) is 4.59. The van der Waals surface area contributed by atoms with Crippen molar-refractivity contribution < 1.29 is 4.74 Å². The van der Waals surface area contributed by atoms with E-state index in [1.165, 1.54) is 0 Å². The SMILES string of the molecule is COc1ccc(SCC(C)N)cc1Cl. The van der Waals surface area contributed by atoms with Gasteiger partial charge in [0.2, 0.25) is 0 Å². The molecule has 0 heterocycles. The van der Waals surface area contributed by atoms with Crippen molar-refractivity contribution in [3.05, 3.63) is 23.2 Å². The van der Waals surface area contributed by atoms with Crippen LogP contribution in [-0.2, 0) is 0 Å². The number of benzene rings is 1. The van der Waals surface area contributed by atoms with Gasteiger partial charge >= 0.3 is 0 Å². The van der Waals surface area contributed by atoms with Crippen LogP contribution in [0.3, 0.4) is 0 Å². The largest absolute Gasteiger partial charge is 0.495 e. The van der Waals surface area contributed by atoms with E-state index in [2.05, 4.69) is 0 Å². The molecule has 2 N–H and O–H groups in total. The molecule has 0 saturated carbocycles. The lowest BCUT2D eigenvalue weighted by atomic mass is 10.3. The fraction of sp³-hybridized carbons (Fsp3) is 0.400. The van der Waals surface area contributed by atoms with E-state index < -0.39 is 0 Å². The Labute approximate surface area is 93.8 Å². The van der Waals surface area contributed by atoms with Gasteiger partial charge in [-0.3, -0.25) is 0 Å². The molecule has 0 saturated heterocycles. The van der Waals surface area contributed by atoms with E-state index in [1.807, 2.05) is 25.1 Å². The summed E-state index contributed by atoms with van der Waals surface area (Å²) in [6.45, 7) is 1.98. The first kappa shape index (κ1) is 11.7. The number of ether oxygens (including phenoxy) is 1. The first-order valence-corrected chi connectivity index (χ1v) is 5.71. The number of hydrogen-bond acceptors (Lipinski definition) is 3. The molecule has 0 aliphatic rings. The maximum Gasteiger partial charge on any atom is 0.137 e. The van der Waals surface area contributed by atoms with Crippen LogP contribution in [0.25, 0.3) is 0 Å². The molecule has 0 aromatic heterocycles. The molecule has 78 valence electrons. The Morgan fingerprint density at radius 1 is 1.57 bits per heavy atom. The summed E-state index contributed by atoms with van der Waals surface area (Å²) in [7, 11) is 1.61. The number of nitrogens with two attached hydrogens (primary N) is 1. The number of hydrogen-bond donors (Lipinski definition) is 1. The highest BCUT2D eigenvalue weighted by Crippen LogP contribution is 2.29. The second kappa shape index (κ2) is 5.49. The van der Waals surface area contributed by atoms with Crippen LogP contribution in [0.2, 0.25) is 5.02 Å². The molecule has 0 fully saturated rings. The number of thioether (sulfide) groups is 1. The van der Waals surface area contributed by atoms with Crippen LogP contribution < -0.4 is 10.5 Å². The number of methoxy groups -OCH3 is 1. The summed E-state index contributed by atoms with van der Waals surface area (Å²) in [4.78, 5) is 1.12. The minimum absolute atomic E-state index is 0.195. The first-order chi connectivity index (χ1) is 6.63. The fourth-order valence-corrected chi connectivity index (χ4v) is 2.11. The molecule has 1 aromatic carbocycles. The topological polar surface area (TPSA) is 35.2 Å². The molecule has 0 spiro atoms. The highest BCUT2D eigenvalue weighted by Gasteiger charge is 2.03. The first-order valence-electron chi connectivity index (χ1n) is 4.35. The number of rotatable bonds is 4. The van der Waals surface area contributed by atoms with Gasteiger partial charge in [0.25, 0.3) is 0 Å². The van der Waals surface area contributed by atoms with Crippen LogP contribution in [0, 0.1) is 0 Å². The van der Waals surface area contributed by atoms with Gasteiger partial charge in [0.05, 0.1) is 12.1 Å². The highest BCUT2D eigenvalue weighted by atomic mass is 35.5. The minimum atomic E-state index is 0.195. The van der Waals surface area contributed by atoms with E-state index in [9.17, 15) is 0 Å². The van der Waals surface area contributed by atoms with Gasteiger partial charge in [-0.05, 0) is 25.1 Å². The van der Waals surface area contributed by atoms with Crippen LogP contribution in [-0.4, -0.2) is 18.9 Å². The van der Waals surface area contributed by atoms with Crippen molar-refractivity contribution in [3.8, 4) is 5.75 Å². The van der Waals surface area contributed by atoms with Crippen LogP contribution in [0.15, 0.2) is 23.1 Å². The summed E-state index contributed by atoms with van der Waals surface area (Å²) in [6, 6.07) is 5.94. The van der Waals surface area contributed by atoms with Gasteiger partial charge in [0, 0.05) is 16.7 Å². The predicted octanol–water partition coefficient (Wildman–Crippen LogP) is 2.79. The maximum absolute atomic E-state index is 5.98. The average Bonchev–Trinajstić information content (AvgIpc) is 2.15. The van der Waals surface area contributed by atoms with E-state index in [1.54, 1.807) is 18.9 Å². The summed E-state index contributed by atoms with van der Waals surface area (Å²) < 4.78 is 5.06. The Morgan fingerprint density at radius 2 is 2.29 bits per heavy atom. The second-order valence-electron chi connectivity index (χ2n) is 3.08. The predicted molar refractivity (Wildman–Crippen MR) is 62.4 cm³/mol. The summed E-state index contributed by atoms with van der Waals surface area (Å²) in [6.07, 6.45) is 0. The van der Waals surface area contributed by atoms with Gasteiger partial charge in [-0.2, -0.15) is 0 Å². The molecule has 1 atom stereocenters. The molecule has 2 nitrogen and oxygen atoms in total. The van der Waals surface area contributed by atoms with Crippen molar-refractivity contribution in [1.82, 2.24) is 0 Å². The molecule has 0 aliphatic heterocycles. The van der Waals surface area contributed by atoms with Crippen molar-refractivity contribution in [2.45, 2.75) is 17.9 Å². The smallest absolute Gasteiger partial charge is 0.137 e. The van der Waals surface area contributed by atoms with E-state index in [-0.39, 0.29) is 6.04 Å². The van der Waals surface area contributed by atoms with E-state index in [4.69, 9.17) is 22.1 Å². The standard InChI is InChI=1S/C10H14ClNOS/c1-7(12)6-14-8-3-4-10(13-2)9(11)5-8/h3-5,7H,6,12H2,1-2H3. The summed E-state index contributed by atoms with van der Waals surface area (Å²) >= 11 is 7.67. The van der Waals surface area contributed by atoms with Gasteiger partial charge in [0.15, 0.2) is 0 Å². The average molecular weight is 232 g/mol. The Bertz CT molecular complexity index is 304. The number of halogens is 1. The van der Waals surface area contributed by atoms with Crippen LogP contribution >= 0.6 is 23.4 Å². The summed E-state index contributed by atoms with van der Waals surface area (Å²) in [5.41, 5.74) is 5.66. The zero-order valence-electron chi connectivity index (χ0n) is 8.29. The van der Waals surface area contributed by atoms with E-state index >= 15 is 0 Å². The zero-order chi connectivity index (χ0) is 10.6. The van der Waals surface area contributed by atoms with Gasteiger partial charge in [-0.1, -0.05) is 11.6 Å². The third-order valence-corrected chi connectivity index (χ3v) is 3.21. The Balaban J connectivity index is 2.66. The third-order valence-electron chi connectivity index (χ3n) is 1.64. The van der Waals surface area contributed by atoms with Gasteiger partial charge in [-0.25, -0.2) is 0 Å². The Morgan fingerprint density at radius 3 is 2.79 bits per heavy atom. The summed E-state index contributed by atoms with van der Waals surface area (Å²) in [5, 5.41) is 0.641. The Kier molecular flexibility index (Phi) is 4.58. The molecule has 0 radical (unpaired) electrons. The van der Waals surface area contributed by atoms with Crippen LogP contribution in [0.5, 0.6) is 5.75 Å². The normalized spacial score (nSPS) is 12.6. The van der Waals surface area contributed by atoms with Crippen LogP contribution in [0.4, 0.5) is 0 Å². The molecule has 14 heavy (non-hydrogen) atoms. The lowest BCUT2D eigenvalue weighted by Crippen LogP contribution is -2.17. The molecule has 1 rings (SSSR count). The molecule has 1 unspecified atom stereocenters. The fourth-order valence-electron chi connectivity index (χ4n) is 0.965. The molecule has 0 bridgehead atoms. The highest BCUT2D eigenvalue weighted by molar-refractivity contribution is 7.99. The lowest BCUT2D eigenvalue weighted by Gasteiger charge is -2.07. The maximum atomic E-state index is 5.98. The van der Waals surface area contributed by atoms with Crippen molar-refractivity contribution in [1.29, 1.82) is 0 Å². The zero-order valence-corrected chi connectivity index (χ0v) is 9.86. The van der Waals surface area contributed by atoms with E-state index in [0.717, 1.165) is 10.6 Å². The van der Waals surface area contributed by atoms with Crippen molar-refractivity contribution in [2.24, 2.45) is 5.73 Å². The quantitative estimate of drug-likeness (QED) is 0.810. The van der Waals surface area contributed by atoms with Crippen molar-refractivity contribution in [3.63, 3.8) is 0 Å². The van der Waals surface area contributed by atoms with Crippen molar-refractivity contribution in [2.75, 3.05) is 12.9 Å². The van der Waals surface area contributed by atoms with Crippen LogP contribution in [0.1, 0.15) is 6.92 Å². The van der Waals surface area contributed by atoms with Gasteiger partial charge < -0.3 is 10.5 Å². The lowest BCUT2D eigenvalue weighted by molar-refractivity contribution is 0.414. The van der Waals surface area contributed by atoms with Gasteiger partial charge in [0.1, 0.15) is 5.75 Å². The van der Waals surface area contributed by atoms with Gasteiger partial charge in [-0.15, -0.1) is 11.8 Å². The monoisotopic (exact) mass is 231 g/mol. The molecular weight excluding hydrogens is 218 g/mol. The Hall–Kier alpha value is -0.380. The third kappa shape index (κ3) is 3.40. The molecule has 0 amide bonds. The minimum Gasteiger partial charge on any atom is -0.495 e. The summed E-state index contributed by atoms with van der Waals surface area (Å²) in [5.74, 6) is 1.60. The van der Waals surface area contributed by atoms with E-state index in [0.29, 0.717) is 10.8 Å².